The highest BCUT2D eigenvalue weighted by atomic mass is 16.1. The average molecular weight is 189 g/mol. The van der Waals surface area contributed by atoms with Crippen LogP contribution in [-0.2, 0) is 0 Å². The highest BCUT2D eigenvalue weighted by molar-refractivity contribution is 6.01. The highest BCUT2D eigenvalue weighted by Crippen LogP contribution is 2.19. The largest absolute Gasteiger partial charge is 0.366 e. The van der Waals surface area contributed by atoms with Gasteiger partial charge in [-0.2, -0.15) is 0 Å². The second-order valence-electron chi connectivity index (χ2n) is 3.10. The molecular weight excluding hydrogens is 178 g/mol. The monoisotopic (exact) mass is 189 g/mol. The zero-order valence-electron chi connectivity index (χ0n) is 7.68. The van der Waals surface area contributed by atoms with Crippen molar-refractivity contribution in [2.45, 2.75) is 0 Å². The van der Waals surface area contributed by atoms with E-state index in [-0.39, 0.29) is 0 Å². The Kier molecular flexibility index (Phi) is 2.18. The number of para-hydroxylation sites is 1. The number of hydrogen-bond donors (Lipinski definition) is 1. The van der Waals surface area contributed by atoms with E-state index in [1.54, 1.807) is 18.5 Å². The molecule has 1 aromatic carbocycles. The van der Waals surface area contributed by atoms with Crippen molar-refractivity contribution in [3.8, 4) is 0 Å². The van der Waals surface area contributed by atoms with Gasteiger partial charge in [0, 0.05) is 6.54 Å². The van der Waals surface area contributed by atoms with E-state index >= 15 is 0 Å². The van der Waals surface area contributed by atoms with Gasteiger partial charge in [-0.05, 0) is 12.1 Å². The van der Waals surface area contributed by atoms with Gasteiger partial charge in [0.15, 0.2) is 0 Å². The highest BCUT2D eigenvalue weighted by Gasteiger charge is 2.14. The smallest absolute Gasteiger partial charge is 0.250 e. The van der Waals surface area contributed by atoms with E-state index in [0.717, 1.165) is 18.8 Å². The maximum absolute atomic E-state index is 11.1. The molecule has 0 unspecified atom stereocenters. The Bertz CT molecular complexity index is 387. The number of carbonyl (C=O) groups excluding carboxylic acids is 1. The number of rotatable bonds is 2. The summed E-state index contributed by atoms with van der Waals surface area (Å²) >= 11 is 0. The molecule has 0 fully saturated rings. The zero-order chi connectivity index (χ0) is 9.97. The maximum atomic E-state index is 11.1. The molecule has 1 aliphatic rings. The lowest BCUT2D eigenvalue weighted by molar-refractivity contribution is 0.100. The van der Waals surface area contributed by atoms with E-state index in [1.807, 2.05) is 17.0 Å². The van der Waals surface area contributed by atoms with Crippen LogP contribution in [-0.4, -0.2) is 25.3 Å². The molecule has 0 saturated heterocycles. The number of amides is 1. The van der Waals surface area contributed by atoms with Gasteiger partial charge in [-0.15, -0.1) is 0 Å². The minimum atomic E-state index is -0.402. The first kappa shape index (κ1) is 8.74. The number of nitrogens with zero attached hydrogens (tertiary/aromatic N) is 2. The third kappa shape index (κ3) is 1.46. The summed E-state index contributed by atoms with van der Waals surface area (Å²) in [5.74, 6) is -0.402. The van der Waals surface area contributed by atoms with Crippen LogP contribution in [0, 0.1) is 0 Å². The fourth-order valence-corrected chi connectivity index (χ4v) is 1.49. The molecule has 0 spiro atoms. The quantitative estimate of drug-likeness (QED) is 0.742. The molecular formula is C10H11N3O. The third-order valence-corrected chi connectivity index (χ3v) is 2.17. The first-order chi connectivity index (χ1) is 6.79. The van der Waals surface area contributed by atoms with Crippen molar-refractivity contribution in [3.63, 3.8) is 0 Å². The van der Waals surface area contributed by atoms with Gasteiger partial charge < -0.3 is 10.6 Å². The summed E-state index contributed by atoms with van der Waals surface area (Å²) < 4.78 is 0. The van der Waals surface area contributed by atoms with E-state index < -0.39 is 5.91 Å². The minimum absolute atomic E-state index is 0.402. The van der Waals surface area contributed by atoms with Crippen molar-refractivity contribution in [1.82, 2.24) is 0 Å². The Labute approximate surface area is 82.0 Å². The second-order valence-corrected chi connectivity index (χ2v) is 3.10. The van der Waals surface area contributed by atoms with Crippen molar-refractivity contribution in [2.24, 2.45) is 10.7 Å². The van der Waals surface area contributed by atoms with Gasteiger partial charge >= 0.3 is 0 Å². The summed E-state index contributed by atoms with van der Waals surface area (Å²) in [6.45, 7) is 1.58. The van der Waals surface area contributed by atoms with Gasteiger partial charge in [-0.1, -0.05) is 12.1 Å². The third-order valence-electron chi connectivity index (χ3n) is 2.17. The van der Waals surface area contributed by atoms with E-state index in [9.17, 15) is 4.79 Å². The predicted molar refractivity (Wildman–Crippen MR) is 55.7 cm³/mol. The van der Waals surface area contributed by atoms with Crippen molar-refractivity contribution in [1.29, 1.82) is 0 Å². The van der Waals surface area contributed by atoms with Crippen molar-refractivity contribution in [2.75, 3.05) is 18.0 Å². The number of anilines is 1. The molecule has 14 heavy (non-hydrogen) atoms. The summed E-state index contributed by atoms with van der Waals surface area (Å²) in [6.07, 6.45) is 1.74. The molecule has 1 aromatic rings. The molecule has 0 aliphatic carbocycles. The Morgan fingerprint density at radius 3 is 2.86 bits per heavy atom. The van der Waals surface area contributed by atoms with Gasteiger partial charge in [-0.25, -0.2) is 0 Å². The van der Waals surface area contributed by atoms with Crippen LogP contribution in [0.4, 0.5) is 5.69 Å². The Hall–Kier alpha value is -1.84. The molecule has 1 heterocycles. The molecule has 4 heteroatoms. The van der Waals surface area contributed by atoms with Crippen LogP contribution in [0.1, 0.15) is 10.4 Å². The fraction of sp³-hybridized carbons (Fsp3) is 0.200. The summed E-state index contributed by atoms with van der Waals surface area (Å²) in [7, 11) is 0. The number of primary amides is 1. The van der Waals surface area contributed by atoms with Crippen LogP contribution in [0.2, 0.25) is 0 Å². The van der Waals surface area contributed by atoms with Crippen LogP contribution in [0.3, 0.4) is 0 Å². The predicted octanol–water partition coefficient (Wildman–Crippen LogP) is 0.634. The van der Waals surface area contributed by atoms with Crippen molar-refractivity contribution < 1.29 is 4.79 Å². The Balaban J connectivity index is 2.40. The van der Waals surface area contributed by atoms with E-state index in [0.29, 0.717) is 5.56 Å². The molecule has 0 aromatic heterocycles. The lowest BCUT2D eigenvalue weighted by Crippen LogP contribution is -2.23. The number of hydrogen-bond acceptors (Lipinski definition) is 3. The fourth-order valence-electron chi connectivity index (χ4n) is 1.49. The molecule has 0 bridgehead atoms. The van der Waals surface area contributed by atoms with E-state index in [1.165, 1.54) is 0 Å². The standard InChI is InChI=1S/C10H11N3O/c11-10(14)8-3-1-2-4-9(8)13-6-5-12-7-13/h1-4,7H,5-6H2,(H2,11,14). The van der Waals surface area contributed by atoms with Crippen molar-refractivity contribution in [3.05, 3.63) is 29.8 Å². The average Bonchev–Trinajstić information content (AvgIpc) is 2.70. The number of nitrogens with two attached hydrogens (primary N) is 1. The molecule has 0 atom stereocenters. The van der Waals surface area contributed by atoms with Gasteiger partial charge in [0.25, 0.3) is 5.91 Å². The lowest BCUT2D eigenvalue weighted by Gasteiger charge is -2.16. The van der Waals surface area contributed by atoms with Gasteiger partial charge in [0.05, 0.1) is 24.1 Å². The molecule has 2 N–H and O–H groups in total. The van der Waals surface area contributed by atoms with Crippen LogP contribution in [0.25, 0.3) is 0 Å². The first-order valence-electron chi connectivity index (χ1n) is 4.44. The number of benzene rings is 1. The summed E-state index contributed by atoms with van der Waals surface area (Å²) in [5, 5.41) is 0. The molecule has 72 valence electrons. The van der Waals surface area contributed by atoms with Gasteiger partial charge in [-0.3, -0.25) is 9.79 Å². The summed E-state index contributed by atoms with van der Waals surface area (Å²) in [5.41, 5.74) is 6.65. The molecule has 4 nitrogen and oxygen atoms in total. The van der Waals surface area contributed by atoms with E-state index in [4.69, 9.17) is 5.73 Å². The maximum Gasteiger partial charge on any atom is 0.250 e. The van der Waals surface area contributed by atoms with Gasteiger partial charge in [0.2, 0.25) is 0 Å². The van der Waals surface area contributed by atoms with Crippen LogP contribution in [0.5, 0.6) is 0 Å². The molecule has 0 radical (unpaired) electrons. The van der Waals surface area contributed by atoms with Crippen molar-refractivity contribution >= 4 is 17.9 Å². The number of aliphatic imine (C=N–C) groups is 1. The van der Waals surface area contributed by atoms with Gasteiger partial charge in [0.1, 0.15) is 0 Å². The molecule has 1 aliphatic heterocycles. The van der Waals surface area contributed by atoms with Crippen LogP contribution < -0.4 is 10.6 Å². The summed E-state index contributed by atoms with van der Waals surface area (Å²) in [4.78, 5) is 17.2. The zero-order valence-corrected chi connectivity index (χ0v) is 7.68. The SMILES string of the molecule is NC(=O)c1ccccc1N1C=NCC1. The second kappa shape index (κ2) is 3.49. The van der Waals surface area contributed by atoms with Crippen LogP contribution in [0.15, 0.2) is 29.3 Å². The lowest BCUT2D eigenvalue weighted by atomic mass is 10.1. The number of carbonyl (C=O) groups is 1. The molecule has 2 rings (SSSR count). The van der Waals surface area contributed by atoms with Crippen LogP contribution >= 0.6 is 0 Å². The van der Waals surface area contributed by atoms with E-state index in [2.05, 4.69) is 4.99 Å². The molecule has 1 amide bonds. The normalized spacial score (nSPS) is 14.7. The Morgan fingerprint density at radius 2 is 2.21 bits per heavy atom. The summed E-state index contributed by atoms with van der Waals surface area (Å²) in [6, 6.07) is 7.28. The molecule has 0 saturated carbocycles. The first-order valence-corrected chi connectivity index (χ1v) is 4.44. The topological polar surface area (TPSA) is 58.7 Å². The Morgan fingerprint density at radius 1 is 1.43 bits per heavy atom. The minimum Gasteiger partial charge on any atom is -0.366 e.